The van der Waals surface area contributed by atoms with E-state index in [9.17, 15) is 0 Å². The predicted molar refractivity (Wildman–Crippen MR) is 72.2 cm³/mol. The van der Waals surface area contributed by atoms with Crippen LogP contribution in [0.3, 0.4) is 0 Å². The molecule has 18 heavy (non-hydrogen) atoms. The Balaban J connectivity index is 3.08. The summed E-state index contributed by atoms with van der Waals surface area (Å²) in [5.74, 6) is 0.516. The summed E-state index contributed by atoms with van der Waals surface area (Å²) in [6.07, 6.45) is 2.34. The highest BCUT2D eigenvalue weighted by Gasteiger charge is 2.26. The molecule has 1 rings (SSSR count). The number of nitrogens with zero attached hydrogens (tertiary/aromatic N) is 1. The minimum Gasteiger partial charge on any atom is -0.383 e. The van der Waals surface area contributed by atoms with E-state index in [0.29, 0.717) is 5.82 Å². The fraction of sp³-hybridized carbons (Fsp3) is 0.615. The van der Waals surface area contributed by atoms with E-state index < -0.39 is 0 Å². The van der Waals surface area contributed by atoms with Gasteiger partial charge in [0.05, 0.1) is 6.04 Å². The normalized spacial score (nSPS) is 12.9. The van der Waals surface area contributed by atoms with Gasteiger partial charge in [0.25, 0.3) is 0 Å². The Hall–Kier alpha value is -1.17. The van der Waals surface area contributed by atoms with Crippen molar-refractivity contribution in [3.05, 3.63) is 23.4 Å². The van der Waals surface area contributed by atoms with Crippen LogP contribution in [0, 0.1) is 6.92 Å². The van der Waals surface area contributed by atoms with Crippen LogP contribution in [0.25, 0.3) is 0 Å². The number of rotatable bonds is 7. The number of aryl methyl sites for hydroxylation is 1. The first-order valence-electron chi connectivity index (χ1n) is 6.15. The first kappa shape index (κ1) is 14.9. The third-order valence-corrected chi connectivity index (χ3v) is 2.90. The van der Waals surface area contributed by atoms with Crippen LogP contribution in [0.4, 0.5) is 5.82 Å². The Morgan fingerprint density at radius 2 is 2.06 bits per heavy atom. The number of ether oxygens (including phenoxy) is 2. The van der Waals surface area contributed by atoms with Crippen LogP contribution in [-0.4, -0.2) is 32.0 Å². The lowest BCUT2D eigenvalue weighted by Gasteiger charge is -2.28. The van der Waals surface area contributed by atoms with E-state index in [1.165, 1.54) is 0 Å². The second kappa shape index (κ2) is 7.31. The maximum atomic E-state index is 5.98. The third kappa shape index (κ3) is 3.41. The van der Waals surface area contributed by atoms with E-state index >= 15 is 0 Å². The number of pyridine rings is 1. The van der Waals surface area contributed by atoms with Crippen molar-refractivity contribution in [2.24, 2.45) is 0 Å². The van der Waals surface area contributed by atoms with Gasteiger partial charge in [-0.3, -0.25) is 0 Å². The zero-order valence-electron chi connectivity index (χ0n) is 11.6. The second-order valence-corrected chi connectivity index (χ2v) is 4.20. The summed E-state index contributed by atoms with van der Waals surface area (Å²) >= 11 is 0. The standard InChI is InChI=1S/C13H23N3O2/c1-5-7-15-11(13(17-3)18-4)10-9(2)6-8-16-12(10)14/h6,8,11,13,15H,5,7H2,1-4H3,(H2,14,16). The van der Waals surface area contributed by atoms with Crippen molar-refractivity contribution in [3.63, 3.8) is 0 Å². The van der Waals surface area contributed by atoms with E-state index in [-0.39, 0.29) is 12.3 Å². The lowest BCUT2D eigenvalue weighted by molar-refractivity contribution is -0.124. The highest BCUT2D eigenvalue weighted by atomic mass is 16.7. The molecule has 0 amide bonds. The summed E-state index contributed by atoms with van der Waals surface area (Å²) in [5, 5.41) is 3.40. The molecule has 0 bridgehead atoms. The van der Waals surface area contributed by atoms with E-state index in [2.05, 4.69) is 17.2 Å². The van der Waals surface area contributed by atoms with Crippen molar-refractivity contribution >= 4 is 5.82 Å². The zero-order valence-corrected chi connectivity index (χ0v) is 11.6. The summed E-state index contributed by atoms with van der Waals surface area (Å²) in [7, 11) is 3.24. The predicted octanol–water partition coefficient (Wildman–Crippen LogP) is 1.63. The average molecular weight is 253 g/mol. The molecule has 0 aliphatic carbocycles. The molecule has 0 aliphatic rings. The molecule has 1 aromatic rings. The minimum atomic E-state index is -0.387. The number of hydrogen-bond donors (Lipinski definition) is 2. The van der Waals surface area contributed by atoms with Crippen LogP contribution in [-0.2, 0) is 9.47 Å². The molecule has 3 N–H and O–H groups in total. The quantitative estimate of drug-likeness (QED) is 0.723. The Labute approximate surface area is 109 Å². The SMILES string of the molecule is CCCNC(c1c(C)ccnc1N)C(OC)OC. The molecular weight excluding hydrogens is 230 g/mol. The average Bonchev–Trinajstić information content (AvgIpc) is 2.36. The molecule has 1 heterocycles. The number of anilines is 1. The Morgan fingerprint density at radius 1 is 1.39 bits per heavy atom. The lowest BCUT2D eigenvalue weighted by Crippen LogP contribution is -2.36. The lowest BCUT2D eigenvalue weighted by atomic mass is 10.0. The summed E-state index contributed by atoms with van der Waals surface area (Å²) in [4.78, 5) is 4.15. The molecule has 1 unspecified atom stereocenters. The molecule has 0 aliphatic heterocycles. The smallest absolute Gasteiger partial charge is 0.176 e. The monoisotopic (exact) mass is 253 g/mol. The maximum Gasteiger partial charge on any atom is 0.176 e. The van der Waals surface area contributed by atoms with E-state index in [1.54, 1.807) is 20.4 Å². The summed E-state index contributed by atoms with van der Waals surface area (Å²) in [5.41, 5.74) is 8.00. The van der Waals surface area contributed by atoms with Gasteiger partial charge < -0.3 is 20.5 Å². The van der Waals surface area contributed by atoms with Crippen LogP contribution >= 0.6 is 0 Å². The summed E-state index contributed by atoms with van der Waals surface area (Å²) in [6.45, 7) is 4.98. The van der Waals surface area contributed by atoms with Crippen molar-refractivity contribution in [3.8, 4) is 0 Å². The molecule has 1 aromatic heterocycles. The Morgan fingerprint density at radius 3 is 2.56 bits per heavy atom. The molecule has 0 fully saturated rings. The topological polar surface area (TPSA) is 69.4 Å². The van der Waals surface area contributed by atoms with Crippen LogP contribution in [0.1, 0.15) is 30.5 Å². The molecule has 0 saturated heterocycles. The third-order valence-electron chi connectivity index (χ3n) is 2.90. The van der Waals surface area contributed by atoms with Gasteiger partial charge in [0.2, 0.25) is 0 Å². The maximum absolute atomic E-state index is 5.98. The van der Waals surface area contributed by atoms with E-state index in [1.807, 2.05) is 13.0 Å². The van der Waals surface area contributed by atoms with Crippen molar-refractivity contribution in [2.75, 3.05) is 26.5 Å². The van der Waals surface area contributed by atoms with Crippen LogP contribution in [0.5, 0.6) is 0 Å². The highest BCUT2D eigenvalue weighted by Crippen LogP contribution is 2.26. The van der Waals surface area contributed by atoms with Gasteiger partial charge in [-0.15, -0.1) is 0 Å². The molecule has 0 aromatic carbocycles. The zero-order chi connectivity index (χ0) is 13.5. The largest absolute Gasteiger partial charge is 0.383 e. The number of nitrogens with two attached hydrogens (primary N) is 1. The summed E-state index contributed by atoms with van der Waals surface area (Å²) < 4.78 is 10.7. The van der Waals surface area contributed by atoms with Gasteiger partial charge in [0.15, 0.2) is 6.29 Å². The van der Waals surface area contributed by atoms with Crippen molar-refractivity contribution in [2.45, 2.75) is 32.6 Å². The van der Waals surface area contributed by atoms with Crippen molar-refractivity contribution < 1.29 is 9.47 Å². The van der Waals surface area contributed by atoms with Gasteiger partial charge in [-0.1, -0.05) is 6.92 Å². The number of aromatic nitrogens is 1. The van der Waals surface area contributed by atoms with Gasteiger partial charge in [0, 0.05) is 26.0 Å². The van der Waals surface area contributed by atoms with Gasteiger partial charge in [-0.2, -0.15) is 0 Å². The molecule has 102 valence electrons. The highest BCUT2D eigenvalue weighted by molar-refractivity contribution is 5.46. The van der Waals surface area contributed by atoms with Crippen molar-refractivity contribution in [1.29, 1.82) is 0 Å². The van der Waals surface area contributed by atoms with Gasteiger partial charge in [-0.25, -0.2) is 4.98 Å². The fourth-order valence-corrected chi connectivity index (χ4v) is 2.00. The first-order chi connectivity index (χ1) is 8.65. The molecule has 5 heteroatoms. The Bertz CT molecular complexity index is 347. The van der Waals surface area contributed by atoms with Crippen LogP contribution < -0.4 is 11.1 Å². The first-order valence-corrected chi connectivity index (χ1v) is 6.15. The second-order valence-electron chi connectivity index (χ2n) is 4.20. The van der Waals surface area contributed by atoms with Crippen LogP contribution in [0.2, 0.25) is 0 Å². The van der Waals surface area contributed by atoms with Crippen molar-refractivity contribution in [1.82, 2.24) is 10.3 Å². The number of hydrogen-bond acceptors (Lipinski definition) is 5. The van der Waals surface area contributed by atoms with Gasteiger partial charge >= 0.3 is 0 Å². The molecular formula is C13H23N3O2. The molecule has 1 atom stereocenters. The van der Waals surface area contributed by atoms with E-state index in [0.717, 1.165) is 24.1 Å². The fourth-order valence-electron chi connectivity index (χ4n) is 2.00. The molecule has 0 radical (unpaired) electrons. The van der Waals surface area contributed by atoms with Gasteiger partial charge in [0.1, 0.15) is 5.82 Å². The van der Waals surface area contributed by atoms with E-state index in [4.69, 9.17) is 15.2 Å². The number of nitrogens with one attached hydrogen (secondary N) is 1. The van der Waals surface area contributed by atoms with Gasteiger partial charge in [-0.05, 0) is 31.5 Å². The molecule has 5 nitrogen and oxygen atoms in total. The molecule has 0 spiro atoms. The summed E-state index contributed by atoms with van der Waals surface area (Å²) in [6, 6.07) is 1.82. The number of nitrogen functional groups attached to an aromatic ring is 1. The number of methoxy groups -OCH3 is 2. The molecule has 0 saturated carbocycles. The minimum absolute atomic E-state index is 0.117. The van der Waals surface area contributed by atoms with Crippen LogP contribution in [0.15, 0.2) is 12.3 Å². The Kier molecular flexibility index (Phi) is 6.04.